The van der Waals surface area contributed by atoms with Gasteiger partial charge in [0.1, 0.15) is 11.5 Å². The molecule has 2 N–H and O–H groups in total. The van der Waals surface area contributed by atoms with Crippen LogP contribution in [0.25, 0.3) is 0 Å². The average Bonchev–Trinajstić information content (AvgIpc) is 2.96. The molecule has 3 rings (SSSR count). The average molecular weight is 277 g/mol. The topological polar surface area (TPSA) is 55.3 Å². The Hall–Kier alpha value is -1.33. The largest absolute Gasteiger partial charge is 0.464 e. The number of nitrogens with zero attached hydrogens (tertiary/aromatic N) is 2. The Labute approximate surface area is 117 Å². The lowest BCUT2D eigenvalue weighted by Crippen LogP contribution is -2.16. The highest BCUT2D eigenvalue weighted by Crippen LogP contribution is 2.36. The third-order valence-electron chi connectivity index (χ3n) is 3.50. The molecule has 0 spiro atoms. The van der Waals surface area contributed by atoms with Crippen molar-refractivity contribution in [2.45, 2.75) is 38.8 Å². The zero-order valence-corrected chi connectivity index (χ0v) is 12.2. The van der Waals surface area contributed by atoms with Crippen LogP contribution in [-0.2, 0) is 13.0 Å². The standard InChI is InChI=1S/C14H19N3OS/c1-9-6-7-10(18-9)8-17(2)14-16-12-5-3-4-11(15)13(12)19-14/h6-7,11H,3-5,8,15H2,1-2H3. The predicted molar refractivity (Wildman–Crippen MR) is 77.5 cm³/mol. The number of aromatic nitrogens is 1. The van der Waals surface area contributed by atoms with Crippen LogP contribution in [-0.4, -0.2) is 12.0 Å². The highest BCUT2D eigenvalue weighted by molar-refractivity contribution is 7.15. The van der Waals surface area contributed by atoms with Crippen LogP contribution in [0.15, 0.2) is 16.5 Å². The van der Waals surface area contributed by atoms with Crippen LogP contribution in [0.5, 0.6) is 0 Å². The zero-order chi connectivity index (χ0) is 13.4. The molecule has 0 radical (unpaired) electrons. The second-order valence-electron chi connectivity index (χ2n) is 5.17. The number of rotatable bonds is 3. The molecule has 0 amide bonds. The van der Waals surface area contributed by atoms with E-state index in [1.165, 1.54) is 10.6 Å². The van der Waals surface area contributed by atoms with Gasteiger partial charge < -0.3 is 15.1 Å². The molecular weight excluding hydrogens is 258 g/mol. The maximum absolute atomic E-state index is 6.15. The third kappa shape index (κ3) is 2.53. The van der Waals surface area contributed by atoms with E-state index in [-0.39, 0.29) is 6.04 Å². The lowest BCUT2D eigenvalue weighted by Gasteiger charge is -2.15. The van der Waals surface area contributed by atoms with Crippen molar-refractivity contribution >= 4 is 16.5 Å². The van der Waals surface area contributed by atoms with Crippen LogP contribution in [0, 0.1) is 6.92 Å². The summed E-state index contributed by atoms with van der Waals surface area (Å²) in [5, 5.41) is 1.04. The molecule has 2 aromatic rings. The molecule has 0 aliphatic heterocycles. The first-order valence-corrected chi connectivity index (χ1v) is 7.47. The van der Waals surface area contributed by atoms with E-state index < -0.39 is 0 Å². The van der Waals surface area contributed by atoms with E-state index in [2.05, 4.69) is 4.90 Å². The maximum Gasteiger partial charge on any atom is 0.185 e. The first kappa shape index (κ1) is 12.7. The molecule has 1 aliphatic rings. The summed E-state index contributed by atoms with van der Waals surface area (Å²) in [6.45, 7) is 2.71. The Morgan fingerprint density at radius 3 is 3.05 bits per heavy atom. The van der Waals surface area contributed by atoms with E-state index in [1.807, 2.05) is 26.1 Å². The fourth-order valence-corrected chi connectivity index (χ4v) is 3.58. The summed E-state index contributed by atoms with van der Waals surface area (Å²) in [5.41, 5.74) is 7.34. The molecular formula is C14H19N3OS. The minimum absolute atomic E-state index is 0.175. The van der Waals surface area contributed by atoms with E-state index in [1.54, 1.807) is 11.3 Å². The van der Waals surface area contributed by atoms with Gasteiger partial charge in [-0.2, -0.15) is 0 Å². The number of hydrogen-bond acceptors (Lipinski definition) is 5. The minimum atomic E-state index is 0.175. The maximum atomic E-state index is 6.15. The van der Waals surface area contributed by atoms with Gasteiger partial charge in [-0.05, 0) is 38.3 Å². The van der Waals surface area contributed by atoms with Crippen molar-refractivity contribution in [1.29, 1.82) is 0 Å². The summed E-state index contributed by atoms with van der Waals surface area (Å²) in [7, 11) is 2.05. The number of anilines is 1. The Morgan fingerprint density at radius 1 is 1.53 bits per heavy atom. The fraction of sp³-hybridized carbons (Fsp3) is 0.500. The van der Waals surface area contributed by atoms with Crippen LogP contribution in [0.3, 0.4) is 0 Å². The van der Waals surface area contributed by atoms with Crippen LogP contribution in [0.4, 0.5) is 5.13 Å². The first-order valence-electron chi connectivity index (χ1n) is 6.65. The lowest BCUT2D eigenvalue weighted by atomic mass is 9.99. The molecule has 0 aromatic carbocycles. The van der Waals surface area contributed by atoms with Crippen molar-refractivity contribution in [3.63, 3.8) is 0 Å². The van der Waals surface area contributed by atoms with Crippen molar-refractivity contribution in [2.24, 2.45) is 5.73 Å². The van der Waals surface area contributed by atoms with E-state index in [0.29, 0.717) is 0 Å². The van der Waals surface area contributed by atoms with E-state index in [4.69, 9.17) is 15.1 Å². The summed E-state index contributed by atoms with van der Waals surface area (Å²) < 4.78 is 5.61. The first-order chi connectivity index (χ1) is 9.13. The Morgan fingerprint density at radius 2 is 2.37 bits per heavy atom. The molecule has 1 atom stereocenters. The van der Waals surface area contributed by atoms with E-state index in [9.17, 15) is 0 Å². The van der Waals surface area contributed by atoms with E-state index >= 15 is 0 Å². The van der Waals surface area contributed by atoms with Gasteiger partial charge in [-0.1, -0.05) is 11.3 Å². The van der Waals surface area contributed by atoms with Crippen LogP contribution >= 0.6 is 11.3 Å². The van der Waals surface area contributed by atoms with Crippen molar-refractivity contribution in [3.8, 4) is 0 Å². The molecule has 1 unspecified atom stereocenters. The van der Waals surface area contributed by atoms with Crippen molar-refractivity contribution in [2.75, 3.05) is 11.9 Å². The number of fused-ring (bicyclic) bond motifs is 1. The summed E-state index contributed by atoms with van der Waals surface area (Å²) >= 11 is 1.73. The number of furan rings is 1. The van der Waals surface area contributed by atoms with Gasteiger partial charge in [-0.15, -0.1) is 0 Å². The highest BCUT2D eigenvalue weighted by atomic mass is 32.1. The number of hydrogen-bond donors (Lipinski definition) is 1. The molecule has 102 valence electrons. The molecule has 5 heteroatoms. The molecule has 0 saturated carbocycles. The second kappa shape index (κ2) is 4.98. The van der Waals surface area contributed by atoms with Crippen LogP contribution < -0.4 is 10.6 Å². The van der Waals surface area contributed by atoms with Gasteiger partial charge in [0.05, 0.1) is 12.2 Å². The number of aryl methyl sites for hydroxylation is 2. The highest BCUT2D eigenvalue weighted by Gasteiger charge is 2.23. The van der Waals surface area contributed by atoms with Crippen molar-refractivity contribution in [3.05, 3.63) is 34.2 Å². The van der Waals surface area contributed by atoms with Gasteiger partial charge in [-0.25, -0.2) is 4.98 Å². The fourth-order valence-electron chi connectivity index (χ4n) is 2.47. The molecule has 1 aliphatic carbocycles. The van der Waals surface area contributed by atoms with Gasteiger partial charge >= 0.3 is 0 Å². The SMILES string of the molecule is Cc1ccc(CN(C)c2nc3c(s2)C(N)CCC3)o1. The van der Waals surface area contributed by atoms with Crippen LogP contribution in [0.2, 0.25) is 0 Å². The molecule has 2 heterocycles. The zero-order valence-electron chi connectivity index (χ0n) is 11.3. The van der Waals surface area contributed by atoms with Crippen molar-refractivity contribution in [1.82, 2.24) is 4.98 Å². The number of thiazole rings is 1. The van der Waals surface area contributed by atoms with Gasteiger partial charge in [0.15, 0.2) is 5.13 Å². The van der Waals surface area contributed by atoms with E-state index in [0.717, 1.165) is 42.5 Å². The number of nitrogens with two attached hydrogens (primary N) is 1. The molecule has 4 nitrogen and oxygen atoms in total. The summed E-state index contributed by atoms with van der Waals surface area (Å²) in [5.74, 6) is 1.92. The van der Waals surface area contributed by atoms with Crippen molar-refractivity contribution < 1.29 is 4.42 Å². The summed E-state index contributed by atoms with van der Waals surface area (Å²) in [6, 6.07) is 4.19. The minimum Gasteiger partial charge on any atom is -0.464 e. The predicted octanol–water partition coefficient (Wildman–Crippen LogP) is 3.02. The second-order valence-corrected chi connectivity index (χ2v) is 6.18. The van der Waals surface area contributed by atoms with Gasteiger partial charge in [-0.3, -0.25) is 0 Å². The van der Waals surface area contributed by atoms with Gasteiger partial charge in [0.2, 0.25) is 0 Å². The smallest absolute Gasteiger partial charge is 0.185 e. The lowest BCUT2D eigenvalue weighted by molar-refractivity contribution is 0.481. The molecule has 0 bridgehead atoms. The summed E-state index contributed by atoms with van der Waals surface area (Å²) in [6.07, 6.45) is 3.29. The monoisotopic (exact) mass is 277 g/mol. The molecule has 2 aromatic heterocycles. The molecule has 0 fully saturated rings. The normalized spacial score (nSPS) is 18.4. The van der Waals surface area contributed by atoms with Gasteiger partial charge in [0.25, 0.3) is 0 Å². The Bertz CT molecular complexity index is 575. The third-order valence-corrected chi connectivity index (χ3v) is 4.84. The van der Waals surface area contributed by atoms with Crippen LogP contribution in [0.1, 0.15) is 41.0 Å². The molecule has 0 saturated heterocycles. The summed E-state index contributed by atoms with van der Waals surface area (Å²) in [4.78, 5) is 8.13. The van der Waals surface area contributed by atoms with Gasteiger partial charge in [0, 0.05) is 18.0 Å². The Kier molecular flexibility index (Phi) is 3.33. The Balaban J connectivity index is 1.78. The molecule has 19 heavy (non-hydrogen) atoms. The quantitative estimate of drug-likeness (QED) is 0.937.